The summed E-state index contributed by atoms with van der Waals surface area (Å²) in [5, 5.41) is 3.27. The maximum Gasteiger partial charge on any atom is 0.318 e. The summed E-state index contributed by atoms with van der Waals surface area (Å²) in [7, 11) is 0. The maximum absolute atomic E-state index is 13.0. The van der Waals surface area contributed by atoms with Gasteiger partial charge in [0.2, 0.25) is 0 Å². The van der Waals surface area contributed by atoms with Crippen LogP contribution in [-0.4, -0.2) is 33.1 Å². The average molecular weight is 324 g/mol. The van der Waals surface area contributed by atoms with Gasteiger partial charge in [0.1, 0.15) is 6.04 Å². The number of aromatic nitrogens is 2. The first-order valence-electron chi connectivity index (χ1n) is 8.95. The number of carbonyl (C=O) groups is 1. The van der Waals surface area contributed by atoms with Crippen molar-refractivity contribution in [3.63, 3.8) is 0 Å². The van der Waals surface area contributed by atoms with E-state index in [9.17, 15) is 4.79 Å². The SMILES string of the molecule is O=C(NC1CCCCC1)N1CCn2cccc2[C@@H]1c1cccnc1. The van der Waals surface area contributed by atoms with E-state index in [4.69, 9.17) is 0 Å². The summed E-state index contributed by atoms with van der Waals surface area (Å²) in [4.78, 5) is 19.2. The standard InChI is InChI=1S/C19H24N4O/c24-19(21-16-7-2-1-3-8-16)23-13-12-22-11-5-9-17(22)18(23)15-6-4-10-20-14-15/h4-6,9-11,14,16,18H,1-3,7-8,12-13H2,(H,21,24)/t18-/m0/s1. The van der Waals surface area contributed by atoms with Crippen molar-refractivity contribution in [2.75, 3.05) is 6.54 Å². The zero-order chi connectivity index (χ0) is 16.4. The van der Waals surface area contributed by atoms with Gasteiger partial charge in [-0.1, -0.05) is 25.3 Å². The maximum atomic E-state index is 13.0. The van der Waals surface area contributed by atoms with Crippen LogP contribution < -0.4 is 5.32 Å². The molecule has 2 aliphatic rings. The second kappa shape index (κ2) is 6.67. The summed E-state index contributed by atoms with van der Waals surface area (Å²) < 4.78 is 2.24. The van der Waals surface area contributed by atoms with Gasteiger partial charge >= 0.3 is 6.03 Å². The highest BCUT2D eigenvalue weighted by atomic mass is 16.2. The molecule has 0 radical (unpaired) electrons. The Morgan fingerprint density at radius 3 is 2.79 bits per heavy atom. The van der Waals surface area contributed by atoms with Gasteiger partial charge in [-0.2, -0.15) is 0 Å². The van der Waals surface area contributed by atoms with E-state index in [1.807, 2.05) is 17.2 Å². The normalized spacial score (nSPS) is 21.3. The zero-order valence-electron chi connectivity index (χ0n) is 13.9. The Kier molecular flexibility index (Phi) is 4.24. The molecule has 1 saturated carbocycles. The van der Waals surface area contributed by atoms with Crippen LogP contribution in [0.5, 0.6) is 0 Å². The van der Waals surface area contributed by atoms with Crippen molar-refractivity contribution in [1.29, 1.82) is 0 Å². The smallest absolute Gasteiger partial charge is 0.318 e. The number of carbonyl (C=O) groups excluding carboxylic acids is 1. The molecule has 0 spiro atoms. The minimum absolute atomic E-state index is 0.0585. The van der Waals surface area contributed by atoms with Crippen molar-refractivity contribution in [3.8, 4) is 0 Å². The predicted molar refractivity (Wildman–Crippen MR) is 92.6 cm³/mol. The predicted octanol–water partition coefficient (Wildman–Crippen LogP) is 3.33. The van der Waals surface area contributed by atoms with E-state index in [1.54, 1.807) is 6.20 Å². The fourth-order valence-corrected chi connectivity index (χ4v) is 4.00. The van der Waals surface area contributed by atoms with Gasteiger partial charge in [0.15, 0.2) is 0 Å². The van der Waals surface area contributed by atoms with Gasteiger partial charge in [0.05, 0.1) is 0 Å². The van der Waals surface area contributed by atoms with E-state index in [2.05, 4.69) is 39.3 Å². The lowest BCUT2D eigenvalue weighted by molar-refractivity contribution is 0.162. The third kappa shape index (κ3) is 2.90. The summed E-state index contributed by atoms with van der Waals surface area (Å²) >= 11 is 0. The summed E-state index contributed by atoms with van der Waals surface area (Å²) in [6, 6.07) is 8.48. The summed E-state index contributed by atoms with van der Waals surface area (Å²) in [5.74, 6) is 0. The van der Waals surface area contributed by atoms with Crippen molar-refractivity contribution in [3.05, 3.63) is 54.1 Å². The molecular formula is C19H24N4O. The molecule has 1 aliphatic carbocycles. The lowest BCUT2D eigenvalue weighted by Crippen LogP contribution is -2.50. The van der Waals surface area contributed by atoms with Crippen LogP contribution in [0.2, 0.25) is 0 Å². The monoisotopic (exact) mass is 324 g/mol. The molecule has 0 unspecified atom stereocenters. The molecule has 1 N–H and O–H groups in total. The molecule has 0 bridgehead atoms. The number of rotatable bonds is 2. The lowest BCUT2D eigenvalue weighted by atomic mass is 9.95. The second-order valence-electron chi connectivity index (χ2n) is 6.79. The zero-order valence-corrected chi connectivity index (χ0v) is 13.9. The highest BCUT2D eigenvalue weighted by Crippen LogP contribution is 2.32. The van der Waals surface area contributed by atoms with E-state index < -0.39 is 0 Å². The molecule has 2 aromatic rings. The van der Waals surface area contributed by atoms with Gasteiger partial charge in [-0.25, -0.2) is 4.79 Å². The van der Waals surface area contributed by atoms with Gasteiger partial charge in [0, 0.05) is 43.4 Å². The molecule has 0 aromatic carbocycles. The summed E-state index contributed by atoms with van der Waals surface area (Å²) in [5.41, 5.74) is 2.23. The first kappa shape index (κ1) is 15.2. The van der Waals surface area contributed by atoms with Crippen LogP contribution >= 0.6 is 0 Å². The van der Waals surface area contributed by atoms with Gasteiger partial charge < -0.3 is 14.8 Å². The van der Waals surface area contributed by atoms with Crippen LogP contribution in [0.15, 0.2) is 42.9 Å². The van der Waals surface area contributed by atoms with E-state index >= 15 is 0 Å². The Hall–Kier alpha value is -2.30. The Labute approximate surface area is 142 Å². The van der Waals surface area contributed by atoms with E-state index in [-0.39, 0.29) is 12.1 Å². The number of nitrogens with one attached hydrogen (secondary N) is 1. The highest BCUT2D eigenvalue weighted by Gasteiger charge is 2.33. The van der Waals surface area contributed by atoms with Crippen LogP contribution in [0.1, 0.15) is 49.4 Å². The Bertz CT molecular complexity index is 690. The molecule has 5 nitrogen and oxygen atoms in total. The minimum Gasteiger partial charge on any atom is -0.348 e. The fourth-order valence-electron chi connectivity index (χ4n) is 4.00. The van der Waals surface area contributed by atoms with Crippen molar-refractivity contribution < 1.29 is 4.79 Å². The second-order valence-corrected chi connectivity index (χ2v) is 6.79. The molecule has 2 aromatic heterocycles. The van der Waals surface area contributed by atoms with Gasteiger partial charge in [-0.3, -0.25) is 4.98 Å². The van der Waals surface area contributed by atoms with Crippen LogP contribution in [-0.2, 0) is 6.54 Å². The van der Waals surface area contributed by atoms with Gasteiger partial charge in [-0.15, -0.1) is 0 Å². The molecule has 1 fully saturated rings. The van der Waals surface area contributed by atoms with Gasteiger partial charge in [0.25, 0.3) is 0 Å². The molecule has 1 atom stereocenters. The Balaban J connectivity index is 1.60. The molecule has 3 heterocycles. The van der Waals surface area contributed by atoms with Gasteiger partial charge in [-0.05, 0) is 36.6 Å². The van der Waals surface area contributed by atoms with Crippen LogP contribution in [0.3, 0.4) is 0 Å². The van der Waals surface area contributed by atoms with Crippen molar-refractivity contribution in [1.82, 2.24) is 19.8 Å². The largest absolute Gasteiger partial charge is 0.348 e. The fraction of sp³-hybridized carbons (Fsp3) is 0.474. The topological polar surface area (TPSA) is 50.2 Å². The first-order chi connectivity index (χ1) is 11.8. The minimum atomic E-state index is -0.0639. The highest BCUT2D eigenvalue weighted by molar-refractivity contribution is 5.76. The molecular weight excluding hydrogens is 300 g/mol. The Morgan fingerprint density at radius 1 is 1.12 bits per heavy atom. The number of amides is 2. The van der Waals surface area contributed by atoms with Crippen LogP contribution in [0, 0.1) is 0 Å². The first-order valence-corrected chi connectivity index (χ1v) is 8.95. The summed E-state index contributed by atoms with van der Waals surface area (Å²) in [6.45, 7) is 1.57. The van der Waals surface area contributed by atoms with Crippen molar-refractivity contribution in [2.24, 2.45) is 0 Å². The number of urea groups is 1. The van der Waals surface area contributed by atoms with E-state index in [1.165, 1.54) is 19.3 Å². The van der Waals surface area contributed by atoms with Crippen LogP contribution in [0.25, 0.3) is 0 Å². The molecule has 2 amide bonds. The number of nitrogens with zero attached hydrogens (tertiary/aromatic N) is 3. The molecule has 24 heavy (non-hydrogen) atoms. The number of hydrogen-bond donors (Lipinski definition) is 1. The lowest BCUT2D eigenvalue weighted by Gasteiger charge is -2.38. The third-order valence-electron chi connectivity index (χ3n) is 5.23. The molecule has 4 rings (SSSR count). The quantitative estimate of drug-likeness (QED) is 0.921. The van der Waals surface area contributed by atoms with E-state index in [0.29, 0.717) is 6.04 Å². The average Bonchev–Trinajstić information content (AvgIpc) is 3.11. The molecule has 1 aliphatic heterocycles. The molecule has 5 heteroatoms. The molecule has 126 valence electrons. The number of fused-ring (bicyclic) bond motifs is 1. The van der Waals surface area contributed by atoms with Crippen molar-refractivity contribution in [2.45, 2.75) is 50.7 Å². The Morgan fingerprint density at radius 2 is 2.00 bits per heavy atom. The summed E-state index contributed by atoms with van der Waals surface area (Å²) in [6.07, 6.45) is 11.7. The van der Waals surface area contributed by atoms with E-state index in [0.717, 1.165) is 37.2 Å². The number of hydrogen-bond acceptors (Lipinski definition) is 2. The third-order valence-corrected chi connectivity index (χ3v) is 5.23. The van der Waals surface area contributed by atoms with Crippen LogP contribution in [0.4, 0.5) is 4.79 Å². The van der Waals surface area contributed by atoms with Crippen molar-refractivity contribution >= 4 is 6.03 Å². The molecule has 0 saturated heterocycles. The number of pyridine rings is 1.